The van der Waals surface area contributed by atoms with Gasteiger partial charge in [0.2, 0.25) is 0 Å². The minimum atomic E-state index is -4.34. The van der Waals surface area contributed by atoms with Crippen LogP contribution in [0.4, 0.5) is 13.2 Å². The van der Waals surface area contributed by atoms with Gasteiger partial charge in [-0.2, -0.15) is 30.2 Å². The lowest BCUT2D eigenvalue weighted by Crippen LogP contribution is -2.30. The highest BCUT2D eigenvalue weighted by atomic mass is 32.2. The number of carboxylic acids is 1. The third-order valence-electron chi connectivity index (χ3n) is 5.11. The highest BCUT2D eigenvalue weighted by Crippen LogP contribution is 2.39. The second kappa shape index (κ2) is 10.7. The quantitative estimate of drug-likeness (QED) is 0.545. The summed E-state index contributed by atoms with van der Waals surface area (Å²) in [5.41, 5.74) is 7.61. The molecular weight excluding hydrogens is 401 g/mol. The van der Waals surface area contributed by atoms with E-state index in [1.54, 1.807) is 12.1 Å². The second-order valence-corrected chi connectivity index (χ2v) is 8.41. The van der Waals surface area contributed by atoms with E-state index in [1.165, 1.54) is 23.9 Å². The van der Waals surface area contributed by atoms with Crippen LogP contribution < -0.4 is 5.73 Å². The van der Waals surface area contributed by atoms with Crippen molar-refractivity contribution in [1.82, 2.24) is 0 Å². The van der Waals surface area contributed by atoms with E-state index in [0.717, 1.165) is 24.0 Å². The molecule has 0 aliphatic heterocycles. The molecule has 0 saturated heterocycles. The number of nitrogens with zero attached hydrogens (tertiary/aromatic N) is 1. The number of hydrogen-bond donors (Lipinski definition) is 2. The summed E-state index contributed by atoms with van der Waals surface area (Å²) in [7, 11) is 0. The molecule has 0 radical (unpaired) electrons. The predicted octanol–water partition coefficient (Wildman–Crippen LogP) is 4.96. The molecule has 1 aromatic carbocycles. The van der Waals surface area contributed by atoms with E-state index in [1.807, 2.05) is 6.08 Å². The molecule has 0 saturated carbocycles. The van der Waals surface area contributed by atoms with E-state index in [2.05, 4.69) is 6.07 Å². The van der Waals surface area contributed by atoms with Crippen molar-refractivity contribution >= 4 is 23.3 Å². The van der Waals surface area contributed by atoms with E-state index < -0.39 is 24.1 Å². The normalized spacial score (nSPS) is 19.1. The molecule has 1 aliphatic carbocycles. The molecule has 0 bridgehead atoms. The fraction of sp³-hybridized carbons (Fsp3) is 0.524. The van der Waals surface area contributed by atoms with Gasteiger partial charge in [-0.15, -0.1) is 0 Å². The highest BCUT2D eigenvalue weighted by Gasteiger charge is 2.40. The molecule has 3 unspecified atom stereocenters. The number of nitrogens with two attached hydrogens (primary N) is 1. The number of carbonyl (C=O) groups is 1. The van der Waals surface area contributed by atoms with Gasteiger partial charge in [0.15, 0.2) is 0 Å². The maximum Gasteiger partial charge on any atom is 0.395 e. The molecule has 0 fully saturated rings. The van der Waals surface area contributed by atoms with Crippen molar-refractivity contribution in [2.75, 3.05) is 11.5 Å². The van der Waals surface area contributed by atoms with Crippen LogP contribution in [0, 0.1) is 17.2 Å². The Kier molecular flexibility index (Phi) is 8.60. The SMILES string of the molecule is N#CC1CC=C(c2ccc(C(CCSCCC(N)C(=O)O)C(F)(F)F)cc2)CC1. The van der Waals surface area contributed by atoms with Crippen molar-refractivity contribution in [3.8, 4) is 6.07 Å². The molecular formula is C21H25F3N2O2S. The van der Waals surface area contributed by atoms with Crippen LogP contribution >= 0.6 is 11.8 Å². The van der Waals surface area contributed by atoms with Gasteiger partial charge in [0, 0.05) is 0 Å². The molecule has 3 N–H and O–H groups in total. The minimum Gasteiger partial charge on any atom is -0.480 e. The first kappa shape index (κ1) is 23.3. The summed E-state index contributed by atoms with van der Waals surface area (Å²) in [4.78, 5) is 10.7. The average molecular weight is 427 g/mol. The maximum atomic E-state index is 13.5. The number of hydrogen-bond acceptors (Lipinski definition) is 4. The molecule has 2 rings (SSSR count). The second-order valence-electron chi connectivity index (χ2n) is 7.18. The Morgan fingerprint density at radius 3 is 2.45 bits per heavy atom. The Bertz CT molecular complexity index is 757. The molecule has 1 aliphatic rings. The zero-order valence-corrected chi connectivity index (χ0v) is 16.8. The van der Waals surface area contributed by atoms with E-state index in [0.29, 0.717) is 12.2 Å². The first-order valence-electron chi connectivity index (χ1n) is 9.54. The number of nitriles is 1. The number of carboxylic acid groups (broad SMARTS) is 1. The molecule has 3 atom stereocenters. The summed E-state index contributed by atoms with van der Waals surface area (Å²) in [5.74, 6) is -1.95. The maximum absolute atomic E-state index is 13.5. The molecule has 8 heteroatoms. The predicted molar refractivity (Wildman–Crippen MR) is 108 cm³/mol. The number of alkyl halides is 3. The molecule has 29 heavy (non-hydrogen) atoms. The van der Waals surface area contributed by atoms with Crippen LogP contribution in [0.5, 0.6) is 0 Å². The Balaban J connectivity index is 1.96. The fourth-order valence-electron chi connectivity index (χ4n) is 3.30. The smallest absolute Gasteiger partial charge is 0.395 e. The van der Waals surface area contributed by atoms with Gasteiger partial charge in [0.25, 0.3) is 0 Å². The number of halogens is 3. The van der Waals surface area contributed by atoms with E-state index in [9.17, 15) is 18.0 Å². The minimum absolute atomic E-state index is 0.0233. The Labute approximate surface area is 173 Å². The lowest BCUT2D eigenvalue weighted by Gasteiger charge is -2.22. The van der Waals surface area contributed by atoms with E-state index in [4.69, 9.17) is 16.1 Å². The van der Waals surface area contributed by atoms with Gasteiger partial charge in [-0.25, -0.2) is 0 Å². The lowest BCUT2D eigenvalue weighted by molar-refractivity contribution is -0.150. The van der Waals surface area contributed by atoms with Crippen LogP contribution in [-0.4, -0.2) is 34.8 Å². The number of benzene rings is 1. The van der Waals surface area contributed by atoms with Crippen molar-refractivity contribution < 1.29 is 23.1 Å². The first-order valence-corrected chi connectivity index (χ1v) is 10.7. The standard InChI is InChI=1S/C21H25F3N2O2S/c22-21(23,24)18(9-11-29-12-10-19(26)20(27)28)17-7-5-16(6-8-17)15-3-1-14(13-25)2-4-15/h3,5-8,14,18-19H,1-2,4,9-12,26H2,(H,27,28). The zero-order chi connectivity index (χ0) is 21.4. The average Bonchev–Trinajstić information content (AvgIpc) is 2.69. The van der Waals surface area contributed by atoms with E-state index in [-0.39, 0.29) is 30.1 Å². The van der Waals surface area contributed by atoms with Crippen LogP contribution in [0.25, 0.3) is 5.57 Å². The van der Waals surface area contributed by atoms with Gasteiger partial charge in [-0.05, 0) is 60.3 Å². The number of thioether (sulfide) groups is 1. The molecule has 0 heterocycles. The summed E-state index contributed by atoms with van der Waals surface area (Å²) in [6.07, 6.45) is 0.0419. The zero-order valence-electron chi connectivity index (χ0n) is 16.0. The molecule has 158 valence electrons. The summed E-state index contributed by atoms with van der Waals surface area (Å²) < 4.78 is 40.6. The fourth-order valence-corrected chi connectivity index (χ4v) is 4.33. The van der Waals surface area contributed by atoms with Gasteiger partial charge >= 0.3 is 12.1 Å². The Morgan fingerprint density at radius 2 is 1.93 bits per heavy atom. The van der Waals surface area contributed by atoms with Crippen LogP contribution in [0.2, 0.25) is 0 Å². The third kappa shape index (κ3) is 7.09. The summed E-state index contributed by atoms with van der Waals surface area (Å²) in [6.45, 7) is 0. The van der Waals surface area contributed by atoms with Gasteiger partial charge in [-0.3, -0.25) is 4.79 Å². The van der Waals surface area contributed by atoms with Crippen molar-refractivity contribution in [3.63, 3.8) is 0 Å². The Morgan fingerprint density at radius 1 is 1.28 bits per heavy atom. The van der Waals surface area contributed by atoms with Crippen LogP contribution in [0.3, 0.4) is 0 Å². The van der Waals surface area contributed by atoms with Gasteiger partial charge in [-0.1, -0.05) is 30.3 Å². The van der Waals surface area contributed by atoms with Crippen LogP contribution in [0.15, 0.2) is 30.3 Å². The lowest BCUT2D eigenvalue weighted by atomic mass is 9.86. The topological polar surface area (TPSA) is 87.1 Å². The number of allylic oxidation sites excluding steroid dienone is 2. The highest BCUT2D eigenvalue weighted by molar-refractivity contribution is 7.99. The van der Waals surface area contributed by atoms with Gasteiger partial charge < -0.3 is 10.8 Å². The molecule has 4 nitrogen and oxygen atoms in total. The molecule has 0 amide bonds. The molecule has 0 spiro atoms. The monoisotopic (exact) mass is 426 g/mol. The summed E-state index contributed by atoms with van der Waals surface area (Å²) in [6, 6.07) is 7.80. The van der Waals surface area contributed by atoms with Crippen molar-refractivity contribution in [3.05, 3.63) is 41.5 Å². The molecule has 0 aromatic heterocycles. The van der Waals surface area contributed by atoms with Crippen molar-refractivity contribution in [1.29, 1.82) is 5.26 Å². The van der Waals surface area contributed by atoms with Gasteiger partial charge in [0.1, 0.15) is 6.04 Å². The van der Waals surface area contributed by atoms with E-state index >= 15 is 0 Å². The van der Waals surface area contributed by atoms with Crippen LogP contribution in [0.1, 0.15) is 49.1 Å². The number of rotatable bonds is 9. The first-order chi connectivity index (χ1) is 13.7. The summed E-state index contributed by atoms with van der Waals surface area (Å²) in [5, 5.41) is 17.7. The van der Waals surface area contributed by atoms with Crippen molar-refractivity contribution in [2.45, 2.75) is 50.2 Å². The third-order valence-corrected chi connectivity index (χ3v) is 6.16. The number of aliphatic carboxylic acids is 1. The largest absolute Gasteiger partial charge is 0.480 e. The summed E-state index contributed by atoms with van der Waals surface area (Å²) >= 11 is 1.29. The van der Waals surface area contributed by atoms with Crippen LogP contribution in [-0.2, 0) is 4.79 Å². The molecule has 1 aromatic rings. The van der Waals surface area contributed by atoms with Crippen molar-refractivity contribution in [2.24, 2.45) is 11.7 Å². The van der Waals surface area contributed by atoms with Gasteiger partial charge in [0.05, 0.1) is 17.9 Å². The Hall–Kier alpha value is -1.98.